The van der Waals surface area contributed by atoms with Crippen molar-refractivity contribution < 1.29 is 14.3 Å². The first kappa shape index (κ1) is 17.6. The lowest BCUT2D eigenvalue weighted by molar-refractivity contribution is -0.126. The molecule has 5 rings (SSSR count). The lowest BCUT2D eigenvalue weighted by atomic mass is 9.74. The van der Waals surface area contributed by atoms with Gasteiger partial charge in [-0.3, -0.25) is 9.59 Å². The number of rotatable bonds is 2. The normalized spacial score (nSPS) is 32.1. The molecule has 3 aliphatic rings. The summed E-state index contributed by atoms with van der Waals surface area (Å²) in [6.07, 6.45) is 3.25. The van der Waals surface area contributed by atoms with Crippen LogP contribution in [0.15, 0.2) is 29.8 Å². The zero-order valence-corrected chi connectivity index (χ0v) is 15.0. The number of halogens is 1. The topological polar surface area (TPSA) is 59.5 Å². The third kappa shape index (κ3) is 2.22. The van der Waals surface area contributed by atoms with Gasteiger partial charge in [-0.2, -0.15) is 0 Å². The average Bonchev–Trinajstić information content (AvgIpc) is 3.31. The zero-order valence-electron chi connectivity index (χ0n) is 13.4. The lowest BCUT2D eigenvalue weighted by Crippen LogP contribution is -2.39. The maximum absolute atomic E-state index is 13.0. The molecule has 0 radical (unpaired) electrons. The molecule has 0 spiro atoms. The molecule has 3 fully saturated rings. The number of hydrogen-bond acceptors (Lipinski definition) is 5. The number of thiazole rings is 1. The Morgan fingerprint density at radius 2 is 2.15 bits per heavy atom. The van der Waals surface area contributed by atoms with Crippen LogP contribution >= 0.6 is 22.9 Å². The number of nitrogens with zero attached hydrogens (tertiary/aromatic N) is 2. The summed E-state index contributed by atoms with van der Waals surface area (Å²) in [5.41, 5.74) is 0.814. The van der Waals surface area contributed by atoms with Crippen molar-refractivity contribution in [3.8, 4) is 10.6 Å². The van der Waals surface area contributed by atoms with E-state index in [-0.39, 0.29) is 37.2 Å². The molecule has 5 nitrogen and oxygen atoms in total. The third-order valence-corrected chi connectivity index (χ3v) is 6.75. The van der Waals surface area contributed by atoms with Crippen LogP contribution in [0.5, 0.6) is 0 Å². The summed E-state index contributed by atoms with van der Waals surface area (Å²) >= 11 is 7.90. The van der Waals surface area contributed by atoms with Gasteiger partial charge in [0.15, 0.2) is 0 Å². The zero-order chi connectivity index (χ0) is 17.3. The average molecular weight is 391 g/mol. The summed E-state index contributed by atoms with van der Waals surface area (Å²) in [4.78, 5) is 31.5. The van der Waals surface area contributed by atoms with Gasteiger partial charge in [0.2, 0.25) is 11.8 Å². The fourth-order valence-corrected chi connectivity index (χ4v) is 5.51. The van der Waals surface area contributed by atoms with E-state index in [1.807, 2.05) is 18.4 Å². The van der Waals surface area contributed by atoms with Crippen molar-refractivity contribution in [1.29, 1.82) is 0 Å². The van der Waals surface area contributed by atoms with Gasteiger partial charge in [-0.15, -0.1) is 11.3 Å². The molecule has 3 aliphatic heterocycles. The highest BCUT2D eigenvalue weighted by molar-refractivity contribution is 7.13. The molecule has 2 amide bonds. The van der Waals surface area contributed by atoms with Crippen LogP contribution in [0.2, 0.25) is 5.02 Å². The summed E-state index contributed by atoms with van der Waals surface area (Å²) < 4.78 is 5.94. The van der Waals surface area contributed by atoms with E-state index in [2.05, 4.69) is 4.98 Å². The van der Waals surface area contributed by atoms with Gasteiger partial charge in [0.05, 0.1) is 34.3 Å². The van der Waals surface area contributed by atoms with Crippen molar-refractivity contribution in [2.75, 3.05) is 4.90 Å². The Morgan fingerprint density at radius 1 is 1.35 bits per heavy atom. The quantitative estimate of drug-likeness (QED) is 0.722. The van der Waals surface area contributed by atoms with Crippen LogP contribution in [0.4, 0.5) is 5.69 Å². The number of carbonyl (C=O) groups is 2. The highest BCUT2D eigenvalue weighted by atomic mass is 35.5. The predicted molar refractivity (Wildman–Crippen MR) is 101 cm³/mol. The van der Waals surface area contributed by atoms with Crippen molar-refractivity contribution in [3.63, 3.8) is 0 Å². The van der Waals surface area contributed by atoms with Gasteiger partial charge in [-0.05, 0) is 38.0 Å². The van der Waals surface area contributed by atoms with Crippen LogP contribution in [0.1, 0.15) is 27.2 Å². The van der Waals surface area contributed by atoms with Gasteiger partial charge in [-0.1, -0.05) is 19.0 Å². The van der Waals surface area contributed by atoms with Crippen LogP contribution in [0.25, 0.3) is 10.6 Å². The number of ether oxygens (including phenoxy) is 1. The highest BCUT2D eigenvalue weighted by Crippen LogP contribution is 2.55. The van der Waals surface area contributed by atoms with Crippen LogP contribution < -0.4 is 4.90 Å². The fraction of sp³-hybridized carbons (Fsp3) is 0.421. The van der Waals surface area contributed by atoms with Crippen LogP contribution in [-0.2, 0) is 14.3 Å². The maximum atomic E-state index is 13.0. The highest BCUT2D eigenvalue weighted by Gasteiger charge is 2.67. The molecule has 0 aliphatic carbocycles. The molecular weight excluding hydrogens is 372 g/mol. The smallest absolute Gasteiger partial charge is 0.240 e. The molecule has 7 heteroatoms. The number of anilines is 1. The first-order valence-electron chi connectivity index (χ1n) is 8.25. The van der Waals surface area contributed by atoms with Crippen molar-refractivity contribution in [3.05, 3.63) is 34.8 Å². The number of fused-ring (bicyclic) bond motifs is 5. The number of aromatic nitrogens is 1. The van der Waals surface area contributed by atoms with Crippen LogP contribution in [0, 0.1) is 11.8 Å². The molecule has 4 heterocycles. The van der Waals surface area contributed by atoms with Crippen molar-refractivity contribution in [2.24, 2.45) is 11.8 Å². The number of carbonyl (C=O) groups excluding carboxylic acids is 2. The van der Waals surface area contributed by atoms with E-state index in [1.165, 1.54) is 16.2 Å². The minimum atomic E-state index is -0.512. The number of hydrogen-bond donors (Lipinski definition) is 0. The van der Waals surface area contributed by atoms with Gasteiger partial charge in [0.25, 0.3) is 0 Å². The standard InChI is InChI=1S/C18H15ClN2O3S.CH4/c1-18-5-4-12(24-18)13-14(18)17(23)21(16(13)22)9-2-3-10(11(19)8-9)15-20-6-7-25-15;/h2-3,6-8,12-14H,4-5H2,1H3;1H4/t12?,13-,14?,18?;/m1./s1. The molecular formula is C19H19ClN2O3S. The van der Waals surface area contributed by atoms with Crippen molar-refractivity contribution in [2.45, 2.75) is 38.9 Å². The molecule has 3 unspecified atom stereocenters. The third-order valence-electron chi connectivity index (χ3n) is 5.63. The van der Waals surface area contributed by atoms with E-state index < -0.39 is 5.60 Å². The minimum absolute atomic E-state index is 0. The second-order valence-electron chi connectivity index (χ2n) is 7.02. The summed E-state index contributed by atoms with van der Waals surface area (Å²) in [6, 6.07) is 5.27. The summed E-state index contributed by atoms with van der Waals surface area (Å²) in [5.74, 6) is -1.07. The summed E-state index contributed by atoms with van der Waals surface area (Å²) in [5, 5.41) is 3.17. The summed E-state index contributed by atoms with van der Waals surface area (Å²) in [6.45, 7) is 1.95. The van der Waals surface area contributed by atoms with E-state index >= 15 is 0 Å². The summed E-state index contributed by atoms with van der Waals surface area (Å²) in [7, 11) is 0. The molecule has 26 heavy (non-hydrogen) atoms. The lowest BCUT2D eigenvalue weighted by Gasteiger charge is -2.26. The van der Waals surface area contributed by atoms with Gasteiger partial charge in [0.1, 0.15) is 5.01 Å². The number of amides is 2. The van der Waals surface area contributed by atoms with Gasteiger partial charge in [-0.25, -0.2) is 9.88 Å². The van der Waals surface area contributed by atoms with Crippen LogP contribution in [0.3, 0.4) is 0 Å². The first-order chi connectivity index (χ1) is 12.0. The van der Waals surface area contributed by atoms with Gasteiger partial charge < -0.3 is 4.74 Å². The second-order valence-corrected chi connectivity index (χ2v) is 8.33. The Morgan fingerprint density at radius 3 is 2.81 bits per heavy atom. The maximum Gasteiger partial charge on any atom is 0.240 e. The Labute approximate surface area is 160 Å². The SMILES string of the molecule is C.CC12CCC(O1)[C@H]1C(=O)N(c3ccc(-c4nccs4)c(Cl)c3)C(=O)C12. The van der Waals surface area contributed by atoms with E-state index in [0.717, 1.165) is 23.4 Å². The predicted octanol–water partition coefficient (Wildman–Crippen LogP) is 4.16. The van der Waals surface area contributed by atoms with Crippen molar-refractivity contribution in [1.82, 2.24) is 4.98 Å². The number of imide groups is 1. The monoisotopic (exact) mass is 390 g/mol. The molecule has 136 valence electrons. The van der Waals surface area contributed by atoms with E-state index in [4.69, 9.17) is 16.3 Å². The van der Waals surface area contributed by atoms with Crippen LogP contribution in [-0.4, -0.2) is 28.5 Å². The minimum Gasteiger partial charge on any atom is -0.370 e. The molecule has 4 atom stereocenters. The molecule has 1 aromatic heterocycles. The van der Waals surface area contributed by atoms with Gasteiger partial charge in [0, 0.05) is 17.1 Å². The van der Waals surface area contributed by atoms with E-state index in [1.54, 1.807) is 18.3 Å². The number of benzene rings is 1. The second kappa shape index (κ2) is 5.87. The largest absolute Gasteiger partial charge is 0.370 e. The molecule has 0 N–H and O–H groups in total. The molecule has 2 aromatic rings. The molecule has 0 saturated carbocycles. The van der Waals surface area contributed by atoms with E-state index in [9.17, 15) is 9.59 Å². The Kier molecular flexibility index (Phi) is 3.99. The molecule has 2 bridgehead atoms. The Balaban J connectivity index is 0.00000168. The van der Waals surface area contributed by atoms with E-state index in [0.29, 0.717) is 10.7 Å². The Bertz CT molecular complexity index is 900. The fourth-order valence-electron chi connectivity index (χ4n) is 4.51. The molecule has 3 saturated heterocycles. The van der Waals surface area contributed by atoms with Crippen molar-refractivity contribution >= 4 is 40.4 Å². The van der Waals surface area contributed by atoms with Gasteiger partial charge >= 0.3 is 0 Å². The Hall–Kier alpha value is -1.76. The molecule has 1 aromatic carbocycles. The first-order valence-corrected chi connectivity index (χ1v) is 9.50.